The Bertz CT molecular complexity index is 1060. The van der Waals surface area contributed by atoms with Crippen LogP contribution in [-0.4, -0.2) is 32.8 Å². The third-order valence-corrected chi connectivity index (χ3v) is 5.89. The summed E-state index contributed by atoms with van der Waals surface area (Å²) in [4.78, 5) is 16.2. The predicted octanol–water partition coefficient (Wildman–Crippen LogP) is 4.12. The Balaban J connectivity index is 1.40. The highest BCUT2D eigenvalue weighted by atomic mass is 32.2. The Morgan fingerprint density at radius 3 is 2.89 bits per heavy atom. The number of aromatic nitrogens is 4. The highest BCUT2D eigenvalue weighted by molar-refractivity contribution is 7.98. The molecule has 0 atom stereocenters. The fourth-order valence-corrected chi connectivity index (χ4v) is 4.28. The number of furan rings is 1. The van der Waals surface area contributed by atoms with Crippen molar-refractivity contribution < 1.29 is 13.9 Å². The second-order valence-electron chi connectivity index (χ2n) is 5.82. The first-order valence-electron chi connectivity index (χ1n) is 8.39. The van der Waals surface area contributed by atoms with Crippen LogP contribution in [0.1, 0.15) is 21.8 Å². The van der Waals surface area contributed by atoms with Gasteiger partial charge in [0.05, 0.1) is 31.2 Å². The molecule has 0 saturated heterocycles. The molecule has 0 saturated carbocycles. The molecule has 4 rings (SSSR count). The first-order valence-corrected chi connectivity index (χ1v) is 10.3. The summed E-state index contributed by atoms with van der Waals surface area (Å²) in [6.07, 6.45) is 3.35. The summed E-state index contributed by atoms with van der Waals surface area (Å²) in [5, 5.41) is 11.9. The Kier molecular flexibility index (Phi) is 5.54. The Morgan fingerprint density at radius 1 is 1.29 bits per heavy atom. The zero-order valence-corrected chi connectivity index (χ0v) is 16.6. The number of esters is 1. The van der Waals surface area contributed by atoms with Gasteiger partial charge in [-0.2, -0.15) is 0 Å². The monoisotopic (exact) mass is 412 g/mol. The highest BCUT2D eigenvalue weighted by Crippen LogP contribution is 2.28. The lowest BCUT2D eigenvalue weighted by molar-refractivity contribution is 0.0601. The van der Waals surface area contributed by atoms with Gasteiger partial charge in [0, 0.05) is 16.7 Å². The van der Waals surface area contributed by atoms with E-state index in [4.69, 9.17) is 9.15 Å². The largest absolute Gasteiger partial charge is 0.467 e. The van der Waals surface area contributed by atoms with Crippen LogP contribution in [-0.2, 0) is 17.0 Å². The number of rotatable bonds is 7. The van der Waals surface area contributed by atoms with Crippen LogP contribution in [0, 0.1) is 0 Å². The van der Waals surface area contributed by atoms with Gasteiger partial charge in [-0.3, -0.25) is 0 Å². The number of hydrogen-bond donors (Lipinski definition) is 0. The van der Waals surface area contributed by atoms with E-state index >= 15 is 0 Å². The van der Waals surface area contributed by atoms with Crippen LogP contribution in [0.25, 0.3) is 10.6 Å². The summed E-state index contributed by atoms with van der Waals surface area (Å²) < 4.78 is 12.1. The lowest BCUT2D eigenvalue weighted by Crippen LogP contribution is -2.00. The van der Waals surface area contributed by atoms with Crippen molar-refractivity contribution in [1.29, 1.82) is 0 Å². The summed E-state index contributed by atoms with van der Waals surface area (Å²) >= 11 is 3.15. The van der Waals surface area contributed by atoms with Gasteiger partial charge in [0.1, 0.15) is 17.1 Å². The second-order valence-corrected chi connectivity index (χ2v) is 7.62. The number of benzene rings is 1. The van der Waals surface area contributed by atoms with E-state index in [0.29, 0.717) is 17.9 Å². The minimum Gasteiger partial charge on any atom is -0.467 e. The van der Waals surface area contributed by atoms with Crippen molar-refractivity contribution in [3.63, 3.8) is 0 Å². The fourth-order valence-electron chi connectivity index (χ4n) is 2.55. The summed E-state index contributed by atoms with van der Waals surface area (Å²) in [6.45, 7) is 0.594. The number of thioether (sulfide) groups is 1. The average molecular weight is 412 g/mol. The van der Waals surface area contributed by atoms with Gasteiger partial charge in [-0.25, -0.2) is 9.78 Å². The number of nitrogens with zero attached hydrogens (tertiary/aromatic N) is 4. The van der Waals surface area contributed by atoms with Crippen LogP contribution < -0.4 is 0 Å². The smallest absolute Gasteiger partial charge is 0.337 e. The van der Waals surface area contributed by atoms with E-state index in [2.05, 4.69) is 15.2 Å². The molecule has 28 heavy (non-hydrogen) atoms. The zero-order valence-electron chi connectivity index (χ0n) is 14.9. The van der Waals surface area contributed by atoms with Gasteiger partial charge >= 0.3 is 5.97 Å². The SMILES string of the molecule is COC(=O)c1ccc(-c2nc(CSc3nncn3Cc3ccco3)cs2)cc1. The maximum absolute atomic E-state index is 11.5. The minimum absolute atomic E-state index is 0.346. The van der Waals surface area contributed by atoms with E-state index in [-0.39, 0.29) is 5.97 Å². The number of ether oxygens (including phenoxy) is 1. The van der Waals surface area contributed by atoms with Gasteiger partial charge in [-0.15, -0.1) is 21.5 Å². The van der Waals surface area contributed by atoms with Gasteiger partial charge in [0.15, 0.2) is 5.16 Å². The fraction of sp³-hybridized carbons (Fsp3) is 0.158. The first-order chi connectivity index (χ1) is 13.7. The van der Waals surface area contributed by atoms with E-state index in [1.807, 2.05) is 34.2 Å². The lowest BCUT2D eigenvalue weighted by Gasteiger charge is -2.03. The Labute approximate surface area is 169 Å². The molecule has 4 aromatic rings. The van der Waals surface area contributed by atoms with Crippen molar-refractivity contribution in [3.8, 4) is 10.6 Å². The van der Waals surface area contributed by atoms with Gasteiger partial charge in [-0.1, -0.05) is 23.9 Å². The molecule has 0 N–H and O–H groups in total. The molecule has 0 aliphatic carbocycles. The molecule has 0 radical (unpaired) electrons. The number of hydrogen-bond acceptors (Lipinski definition) is 8. The van der Waals surface area contributed by atoms with Crippen molar-refractivity contribution in [2.24, 2.45) is 0 Å². The minimum atomic E-state index is -0.346. The number of thiazole rings is 1. The molecule has 0 spiro atoms. The van der Waals surface area contributed by atoms with Crippen molar-refractivity contribution >= 4 is 29.1 Å². The molecular formula is C19H16N4O3S2. The van der Waals surface area contributed by atoms with Crippen LogP contribution in [0.4, 0.5) is 0 Å². The molecule has 9 heteroatoms. The molecule has 1 aromatic carbocycles. The van der Waals surface area contributed by atoms with Gasteiger partial charge in [-0.05, 0) is 24.3 Å². The number of carbonyl (C=O) groups is 1. The van der Waals surface area contributed by atoms with Crippen LogP contribution in [0.5, 0.6) is 0 Å². The molecule has 3 heterocycles. The lowest BCUT2D eigenvalue weighted by atomic mass is 10.1. The maximum Gasteiger partial charge on any atom is 0.337 e. The molecular weight excluding hydrogens is 396 g/mol. The van der Waals surface area contributed by atoms with Crippen molar-refractivity contribution in [1.82, 2.24) is 19.7 Å². The molecule has 0 amide bonds. The summed E-state index contributed by atoms with van der Waals surface area (Å²) in [5.74, 6) is 1.20. The molecule has 0 bridgehead atoms. The van der Waals surface area contributed by atoms with Crippen LogP contribution in [0.3, 0.4) is 0 Å². The van der Waals surface area contributed by atoms with Crippen LogP contribution in [0.15, 0.2) is 63.9 Å². The summed E-state index contributed by atoms with van der Waals surface area (Å²) in [7, 11) is 1.37. The Hall–Kier alpha value is -2.91. The second kappa shape index (κ2) is 8.41. The molecule has 0 aliphatic heterocycles. The molecule has 0 unspecified atom stereocenters. The van der Waals surface area contributed by atoms with Gasteiger partial charge < -0.3 is 13.7 Å². The Morgan fingerprint density at radius 2 is 2.14 bits per heavy atom. The zero-order chi connectivity index (χ0) is 19.3. The molecule has 7 nitrogen and oxygen atoms in total. The molecule has 0 aliphatic rings. The van der Waals surface area contributed by atoms with Crippen LogP contribution >= 0.6 is 23.1 Å². The summed E-state index contributed by atoms with van der Waals surface area (Å²) in [6, 6.07) is 11.0. The van der Waals surface area contributed by atoms with E-state index in [1.54, 1.807) is 47.8 Å². The normalized spacial score (nSPS) is 10.9. The molecule has 142 valence electrons. The maximum atomic E-state index is 11.5. The number of methoxy groups -OCH3 is 1. The van der Waals surface area contributed by atoms with Crippen molar-refractivity contribution in [3.05, 3.63) is 71.4 Å². The molecule has 0 fully saturated rings. The van der Waals surface area contributed by atoms with Crippen LogP contribution in [0.2, 0.25) is 0 Å². The quantitative estimate of drug-likeness (QED) is 0.333. The standard InChI is InChI=1S/C19H16N4O3S2/c1-25-18(24)14-6-4-13(5-7-14)17-21-15(10-27-17)11-28-19-22-20-12-23(19)9-16-3-2-8-26-16/h2-8,10,12H,9,11H2,1H3. The third kappa shape index (κ3) is 4.15. The van der Waals surface area contributed by atoms with Crippen molar-refractivity contribution in [2.75, 3.05) is 7.11 Å². The van der Waals surface area contributed by atoms with E-state index in [9.17, 15) is 4.79 Å². The topological polar surface area (TPSA) is 83.0 Å². The third-order valence-electron chi connectivity index (χ3n) is 3.94. The van der Waals surface area contributed by atoms with Gasteiger partial charge in [0.2, 0.25) is 0 Å². The summed E-state index contributed by atoms with van der Waals surface area (Å²) in [5.41, 5.74) is 2.46. The number of carbonyl (C=O) groups excluding carboxylic acids is 1. The van der Waals surface area contributed by atoms with E-state index < -0.39 is 0 Å². The van der Waals surface area contributed by atoms with E-state index in [1.165, 1.54) is 7.11 Å². The molecule has 3 aromatic heterocycles. The first kappa shape index (κ1) is 18.5. The van der Waals surface area contributed by atoms with Gasteiger partial charge in [0.25, 0.3) is 0 Å². The highest BCUT2D eigenvalue weighted by Gasteiger charge is 2.11. The van der Waals surface area contributed by atoms with E-state index in [0.717, 1.165) is 27.2 Å². The predicted molar refractivity (Wildman–Crippen MR) is 106 cm³/mol. The average Bonchev–Trinajstić information content (AvgIpc) is 3.49. The van der Waals surface area contributed by atoms with Crippen molar-refractivity contribution in [2.45, 2.75) is 17.5 Å².